The van der Waals surface area contributed by atoms with Gasteiger partial charge in [0.25, 0.3) is 0 Å². The van der Waals surface area contributed by atoms with Gasteiger partial charge in [-0.3, -0.25) is 4.57 Å². The van der Waals surface area contributed by atoms with Gasteiger partial charge in [0.2, 0.25) is 0 Å². The lowest BCUT2D eigenvalue weighted by Crippen LogP contribution is -2.33. The van der Waals surface area contributed by atoms with Gasteiger partial charge in [0, 0.05) is 19.1 Å². The Kier molecular flexibility index (Phi) is 2.52. The highest BCUT2D eigenvalue weighted by atomic mass is 16.1. The van der Waals surface area contributed by atoms with E-state index in [1.54, 1.807) is 0 Å². The van der Waals surface area contributed by atoms with E-state index < -0.39 is 0 Å². The van der Waals surface area contributed by atoms with Crippen molar-refractivity contribution < 1.29 is 0 Å². The molecule has 2 N–H and O–H groups in total. The SMILES string of the molecule is CCC[C@H]1Cn2c(=O)[nH]c3cccc(c32)CN1. The Morgan fingerprint density at radius 3 is 3.18 bits per heavy atom. The molecule has 3 rings (SSSR count). The molecule has 1 atom stereocenters. The molecule has 0 saturated carbocycles. The van der Waals surface area contributed by atoms with E-state index in [2.05, 4.69) is 23.3 Å². The monoisotopic (exact) mass is 231 g/mol. The third kappa shape index (κ3) is 1.69. The number of imidazole rings is 1. The Labute approximate surface area is 99.6 Å². The highest BCUT2D eigenvalue weighted by Gasteiger charge is 2.19. The largest absolute Gasteiger partial charge is 0.326 e. The molecule has 0 fully saturated rings. The molecule has 0 unspecified atom stereocenters. The lowest BCUT2D eigenvalue weighted by atomic mass is 10.1. The van der Waals surface area contributed by atoms with Gasteiger partial charge >= 0.3 is 5.69 Å². The van der Waals surface area contributed by atoms with Gasteiger partial charge in [-0.25, -0.2) is 4.79 Å². The van der Waals surface area contributed by atoms with Crippen LogP contribution in [0, 0.1) is 0 Å². The molecule has 2 aromatic rings. The third-order valence-electron chi connectivity index (χ3n) is 3.50. The first-order valence-electron chi connectivity index (χ1n) is 6.23. The summed E-state index contributed by atoms with van der Waals surface area (Å²) < 4.78 is 1.88. The molecule has 4 nitrogen and oxygen atoms in total. The van der Waals surface area contributed by atoms with Crippen molar-refractivity contribution in [2.75, 3.05) is 0 Å². The van der Waals surface area contributed by atoms with E-state index in [0.29, 0.717) is 6.04 Å². The number of hydrogen-bond donors (Lipinski definition) is 2. The molecule has 17 heavy (non-hydrogen) atoms. The number of para-hydroxylation sites is 1. The Morgan fingerprint density at radius 2 is 2.35 bits per heavy atom. The van der Waals surface area contributed by atoms with E-state index in [0.717, 1.165) is 37.0 Å². The zero-order valence-electron chi connectivity index (χ0n) is 9.99. The number of nitrogens with one attached hydrogen (secondary N) is 2. The fourth-order valence-corrected chi connectivity index (χ4v) is 2.69. The second kappa shape index (κ2) is 4.04. The van der Waals surface area contributed by atoms with Gasteiger partial charge in [0.1, 0.15) is 0 Å². The fraction of sp³-hybridized carbons (Fsp3) is 0.462. The van der Waals surface area contributed by atoms with Crippen molar-refractivity contribution in [3.63, 3.8) is 0 Å². The lowest BCUT2D eigenvalue weighted by molar-refractivity contribution is 0.429. The van der Waals surface area contributed by atoms with Crippen molar-refractivity contribution >= 4 is 11.0 Å². The topological polar surface area (TPSA) is 49.8 Å². The maximum atomic E-state index is 11.9. The first-order valence-corrected chi connectivity index (χ1v) is 6.23. The van der Waals surface area contributed by atoms with E-state index in [4.69, 9.17) is 0 Å². The van der Waals surface area contributed by atoms with E-state index in [9.17, 15) is 4.79 Å². The number of benzene rings is 1. The summed E-state index contributed by atoms with van der Waals surface area (Å²) in [6.07, 6.45) is 2.24. The molecule has 0 radical (unpaired) electrons. The molecule has 0 spiro atoms. The van der Waals surface area contributed by atoms with Crippen LogP contribution in [-0.4, -0.2) is 15.6 Å². The molecule has 1 aliphatic heterocycles. The van der Waals surface area contributed by atoms with Crippen molar-refractivity contribution in [3.05, 3.63) is 34.2 Å². The second-order valence-electron chi connectivity index (χ2n) is 4.72. The molecule has 1 aromatic carbocycles. The summed E-state index contributed by atoms with van der Waals surface area (Å²) in [7, 11) is 0. The molecule has 90 valence electrons. The molecule has 4 heteroatoms. The van der Waals surface area contributed by atoms with E-state index in [1.807, 2.05) is 16.7 Å². The molecule has 2 heterocycles. The molecule has 1 aliphatic rings. The van der Waals surface area contributed by atoms with Gasteiger partial charge in [-0.1, -0.05) is 25.5 Å². The first kappa shape index (κ1) is 10.6. The normalized spacial score (nSPS) is 19.5. The zero-order chi connectivity index (χ0) is 11.8. The fourth-order valence-electron chi connectivity index (χ4n) is 2.69. The van der Waals surface area contributed by atoms with Crippen LogP contribution in [0.5, 0.6) is 0 Å². The maximum Gasteiger partial charge on any atom is 0.326 e. The second-order valence-corrected chi connectivity index (χ2v) is 4.72. The minimum Gasteiger partial charge on any atom is -0.308 e. The van der Waals surface area contributed by atoms with Gasteiger partial charge in [0.15, 0.2) is 0 Å². The van der Waals surface area contributed by atoms with Crippen LogP contribution in [0.1, 0.15) is 25.3 Å². The summed E-state index contributed by atoms with van der Waals surface area (Å²) in [4.78, 5) is 14.9. The Balaban J connectivity index is 2.15. The van der Waals surface area contributed by atoms with Crippen molar-refractivity contribution in [1.82, 2.24) is 14.9 Å². The number of aromatic amines is 1. The molecular formula is C13H17N3O. The summed E-state index contributed by atoms with van der Waals surface area (Å²) >= 11 is 0. The number of nitrogens with zero attached hydrogens (tertiary/aromatic N) is 1. The van der Waals surface area contributed by atoms with Crippen LogP contribution < -0.4 is 11.0 Å². The van der Waals surface area contributed by atoms with Crippen LogP contribution in [0.25, 0.3) is 11.0 Å². The van der Waals surface area contributed by atoms with Crippen molar-refractivity contribution in [2.45, 2.75) is 38.9 Å². The quantitative estimate of drug-likeness (QED) is 0.824. The minimum atomic E-state index is 0.0113. The molecule has 0 saturated heterocycles. The standard InChI is InChI=1S/C13H17N3O/c1-2-4-10-8-16-12-9(7-14-10)5-3-6-11(12)15-13(16)17/h3,5-6,10,14H,2,4,7-8H2,1H3,(H,15,17)/t10-/m0/s1. The molecule has 0 amide bonds. The molecule has 1 aromatic heterocycles. The summed E-state index contributed by atoms with van der Waals surface area (Å²) in [5.41, 5.74) is 3.24. The van der Waals surface area contributed by atoms with Crippen molar-refractivity contribution in [2.24, 2.45) is 0 Å². The maximum absolute atomic E-state index is 11.9. The highest BCUT2D eigenvalue weighted by molar-refractivity contribution is 5.79. The molecule has 0 bridgehead atoms. The highest BCUT2D eigenvalue weighted by Crippen LogP contribution is 2.19. The van der Waals surface area contributed by atoms with Crippen LogP contribution in [-0.2, 0) is 13.1 Å². The first-order chi connectivity index (χ1) is 8.29. The van der Waals surface area contributed by atoms with Crippen LogP contribution in [0.3, 0.4) is 0 Å². The van der Waals surface area contributed by atoms with E-state index in [-0.39, 0.29) is 5.69 Å². The summed E-state index contributed by atoms with van der Waals surface area (Å²) in [5, 5.41) is 3.53. The lowest BCUT2D eigenvalue weighted by Gasteiger charge is -2.14. The van der Waals surface area contributed by atoms with Gasteiger partial charge in [-0.2, -0.15) is 0 Å². The Morgan fingerprint density at radius 1 is 1.47 bits per heavy atom. The third-order valence-corrected chi connectivity index (χ3v) is 3.50. The minimum absolute atomic E-state index is 0.0113. The molecular weight excluding hydrogens is 214 g/mol. The number of rotatable bonds is 2. The van der Waals surface area contributed by atoms with Crippen molar-refractivity contribution in [3.8, 4) is 0 Å². The summed E-state index contributed by atoms with van der Waals surface area (Å²) in [5.74, 6) is 0. The van der Waals surface area contributed by atoms with E-state index >= 15 is 0 Å². The smallest absolute Gasteiger partial charge is 0.308 e. The van der Waals surface area contributed by atoms with Crippen LogP contribution in [0.15, 0.2) is 23.0 Å². The molecule has 0 aliphatic carbocycles. The van der Waals surface area contributed by atoms with Gasteiger partial charge in [0.05, 0.1) is 11.0 Å². The Bertz CT molecular complexity index is 596. The van der Waals surface area contributed by atoms with Crippen LogP contribution >= 0.6 is 0 Å². The predicted molar refractivity (Wildman–Crippen MR) is 68.1 cm³/mol. The van der Waals surface area contributed by atoms with Crippen LogP contribution in [0.2, 0.25) is 0 Å². The van der Waals surface area contributed by atoms with Gasteiger partial charge in [-0.15, -0.1) is 0 Å². The average Bonchev–Trinajstić information content (AvgIpc) is 2.53. The van der Waals surface area contributed by atoms with Gasteiger partial charge < -0.3 is 10.3 Å². The summed E-state index contributed by atoms with van der Waals surface area (Å²) in [6, 6.07) is 6.45. The predicted octanol–water partition coefficient (Wildman–Crippen LogP) is 1.60. The Hall–Kier alpha value is -1.55. The van der Waals surface area contributed by atoms with Crippen molar-refractivity contribution in [1.29, 1.82) is 0 Å². The van der Waals surface area contributed by atoms with E-state index in [1.165, 1.54) is 5.56 Å². The van der Waals surface area contributed by atoms with Gasteiger partial charge in [-0.05, 0) is 18.1 Å². The number of H-pyrrole nitrogens is 1. The number of hydrogen-bond acceptors (Lipinski definition) is 2. The number of aromatic nitrogens is 2. The zero-order valence-corrected chi connectivity index (χ0v) is 9.99. The average molecular weight is 231 g/mol. The summed E-state index contributed by atoms with van der Waals surface area (Å²) in [6.45, 7) is 3.79. The van der Waals surface area contributed by atoms with Crippen LogP contribution in [0.4, 0.5) is 0 Å².